The maximum Gasteiger partial charge on any atom is 0.0540 e. The molecule has 0 radical (unpaired) electrons. The summed E-state index contributed by atoms with van der Waals surface area (Å²) in [5.41, 5.74) is 18.3. The van der Waals surface area contributed by atoms with E-state index in [1.165, 1.54) is 72.6 Å². The molecule has 8 rings (SSSR count). The average molecular weight is 610 g/mol. The van der Waals surface area contributed by atoms with E-state index in [0.29, 0.717) is 0 Å². The predicted molar refractivity (Wildman–Crippen MR) is 200 cm³/mol. The molecule has 1 heteroatoms. The van der Waals surface area contributed by atoms with Gasteiger partial charge in [0.05, 0.1) is 5.69 Å². The van der Waals surface area contributed by atoms with Crippen LogP contribution in [0.1, 0.15) is 76.3 Å². The van der Waals surface area contributed by atoms with Crippen LogP contribution in [0.5, 0.6) is 0 Å². The third-order valence-corrected chi connectivity index (χ3v) is 10.8. The van der Waals surface area contributed by atoms with Gasteiger partial charge in [-0.15, -0.1) is 0 Å². The second-order valence-electron chi connectivity index (χ2n) is 15.5. The molecular weight excluding hydrogens is 567 g/mol. The van der Waals surface area contributed by atoms with Crippen LogP contribution in [-0.2, 0) is 16.2 Å². The van der Waals surface area contributed by atoms with Crippen LogP contribution >= 0.6 is 0 Å². The van der Waals surface area contributed by atoms with Crippen molar-refractivity contribution in [1.82, 2.24) is 0 Å². The van der Waals surface area contributed by atoms with Gasteiger partial charge in [0, 0.05) is 27.8 Å². The molecule has 0 saturated heterocycles. The molecule has 0 aromatic heterocycles. The number of fused-ring (bicyclic) bond motifs is 6. The van der Waals surface area contributed by atoms with Crippen LogP contribution in [0.2, 0.25) is 0 Å². The van der Waals surface area contributed by atoms with Gasteiger partial charge in [-0.1, -0.05) is 152 Å². The molecule has 0 atom stereocenters. The van der Waals surface area contributed by atoms with Crippen LogP contribution in [0.15, 0.2) is 133 Å². The zero-order valence-electron chi connectivity index (χ0n) is 28.6. The van der Waals surface area contributed by atoms with Crippen molar-refractivity contribution in [3.05, 3.63) is 161 Å². The molecule has 6 aromatic carbocycles. The van der Waals surface area contributed by atoms with Gasteiger partial charge in [-0.2, -0.15) is 0 Å². The Morgan fingerprint density at radius 3 is 1.77 bits per heavy atom. The predicted octanol–water partition coefficient (Wildman–Crippen LogP) is 12.7. The molecule has 0 unspecified atom stereocenters. The topological polar surface area (TPSA) is 3.24 Å². The minimum absolute atomic E-state index is 0.0781. The van der Waals surface area contributed by atoms with E-state index in [4.69, 9.17) is 0 Å². The summed E-state index contributed by atoms with van der Waals surface area (Å²) in [6, 6.07) is 49.9. The number of anilines is 3. The molecule has 2 aliphatic carbocycles. The minimum Gasteiger partial charge on any atom is -0.310 e. The Bertz CT molecular complexity index is 2170. The Balaban J connectivity index is 1.34. The molecule has 0 bridgehead atoms. The Morgan fingerprint density at radius 1 is 0.426 bits per heavy atom. The number of nitrogens with zero attached hydrogens (tertiary/aromatic N) is 1. The number of para-hydroxylation sites is 2. The molecule has 0 saturated carbocycles. The minimum atomic E-state index is -0.0867. The van der Waals surface area contributed by atoms with Crippen molar-refractivity contribution < 1.29 is 0 Å². The van der Waals surface area contributed by atoms with Gasteiger partial charge in [0.2, 0.25) is 0 Å². The average Bonchev–Trinajstić information content (AvgIpc) is 3.44. The summed E-state index contributed by atoms with van der Waals surface area (Å²) in [7, 11) is 0. The van der Waals surface area contributed by atoms with Crippen LogP contribution in [0.4, 0.5) is 17.1 Å². The summed E-state index contributed by atoms with van der Waals surface area (Å²) in [5.74, 6) is 0. The monoisotopic (exact) mass is 609 g/mol. The van der Waals surface area contributed by atoms with E-state index < -0.39 is 0 Å². The van der Waals surface area contributed by atoms with Gasteiger partial charge in [0.1, 0.15) is 0 Å². The molecule has 0 spiro atoms. The quantitative estimate of drug-likeness (QED) is 0.192. The highest BCUT2D eigenvalue weighted by molar-refractivity contribution is 5.98. The first-order valence-corrected chi connectivity index (χ1v) is 17.0. The van der Waals surface area contributed by atoms with E-state index in [0.717, 1.165) is 5.69 Å². The van der Waals surface area contributed by atoms with Crippen LogP contribution in [0, 0.1) is 0 Å². The summed E-state index contributed by atoms with van der Waals surface area (Å²) in [6.07, 6.45) is 0. The Morgan fingerprint density at radius 2 is 1.00 bits per heavy atom. The molecule has 0 aliphatic heterocycles. The zero-order valence-corrected chi connectivity index (χ0v) is 28.6. The lowest BCUT2D eigenvalue weighted by molar-refractivity contribution is 0.584. The lowest BCUT2D eigenvalue weighted by Gasteiger charge is -2.30. The summed E-state index contributed by atoms with van der Waals surface area (Å²) in [4.78, 5) is 2.46. The van der Waals surface area contributed by atoms with Crippen LogP contribution in [0.25, 0.3) is 33.4 Å². The smallest absolute Gasteiger partial charge is 0.0540 e. The highest BCUT2D eigenvalue weighted by Crippen LogP contribution is 2.55. The number of rotatable bonds is 4. The molecule has 0 fully saturated rings. The molecule has 2 aliphatic rings. The molecule has 6 aromatic rings. The summed E-state index contributed by atoms with van der Waals surface area (Å²) in [5, 5.41) is 0. The highest BCUT2D eigenvalue weighted by atomic mass is 15.1. The Kier molecular flexibility index (Phi) is 6.48. The van der Waals surface area contributed by atoms with E-state index in [2.05, 4.69) is 187 Å². The highest BCUT2D eigenvalue weighted by Gasteiger charge is 2.39. The first kappa shape index (κ1) is 29.5. The van der Waals surface area contributed by atoms with Gasteiger partial charge >= 0.3 is 0 Å². The lowest BCUT2D eigenvalue weighted by atomic mass is 9.79. The van der Waals surface area contributed by atoms with E-state index in [-0.39, 0.29) is 16.2 Å². The van der Waals surface area contributed by atoms with Crippen molar-refractivity contribution in [3.8, 4) is 33.4 Å². The Labute approximate surface area is 280 Å². The van der Waals surface area contributed by atoms with E-state index in [9.17, 15) is 0 Å². The summed E-state index contributed by atoms with van der Waals surface area (Å²) in [6.45, 7) is 16.4. The van der Waals surface area contributed by atoms with Crippen molar-refractivity contribution in [2.24, 2.45) is 0 Å². The zero-order chi connectivity index (χ0) is 32.7. The van der Waals surface area contributed by atoms with Gasteiger partial charge in [0.25, 0.3) is 0 Å². The SMILES string of the molecule is CC(C)(C)c1ccc2c(c1)C(C)(C)c1cccc(-c3ccccc3N(c3ccccc3)c3ccc4c(c3)C(C)(C)c3ccccc3-4)c1-2. The molecule has 1 nitrogen and oxygen atoms in total. The standard InChI is InChI=1S/C46H43N/c1-44(2,3)30-24-26-37-40(28-30)46(6,7)39-22-15-20-36(43(37)39)35-19-12-14-23-42(35)47(31-16-9-8-10-17-31)32-25-27-34-33-18-11-13-21-38(33)45(4,5)41(34)29-32/h8-29H,1-7H3. The molecule has 0 N–H and O–H groups in total. The molecule has 0 heterocycles. The number of benzene rings is 6. The third kappa shape index (κ3) is 4.43. The second kappa shape index (κ2) is 10.3. The second-order valence-corrected chi connectivity index (χ2v) is 15.5. The molecular formula is C46H43N. The van der Waals surface area contributed by atoms with E-state index in [1.54, 1.807) is 0 Å². The van der Waals surface area contributed by atoms with E-state index >= 15 is 0 Å². The van der Waals surface area contributed by atoms with Crippen LogP contribution < -0.4 is 4.90 Å². The van der Waals surface area contributed by atoms with Crippen molar-refractivity contribution >= 4 is 17.1 Å². The van der Waals surface area contributed by atoms with Gasteiger partial charge in [0.15, 0.2) is 0 Å². The fourth-order valence-corrected chi connectivity index (χ4v) is 8.21. The van der Waals surface area contributed by atoms with Gasteiger partial charge in [-0.05, 0) is 91.4 Å². The third-order valence-electron chi connectivity index (χ3n) is 10.8. The normalized spacial score (nSPS) is 15.0. The first-order chi connectivity index (χ1) is 22.5. The maximum atomic E-state index is 2.46. The first-order valence-electron chi connectivity index (χ1n) is 17.0. The molecule has 0 amide bonds. The molecule has 232 valence electrons. The summed E-state index contributed by atoms with van der Waals surface area (Å²) >= 11 is 0. The van der Waals surface area contributed by atoms with Crippen molar-refractivity contribution in [2.45, 2.75) is 64.7 Å². The Hall–Kier alpha value is -4.88. The van der Waals surface area contributed by atoms with Gasteiger partial charge in [-0.25, -0.2) is 0 Å². The van der Waals surface area contributed by atoms with E-state index in [1.807, 2.05) is 0 Å². The van der Waals surface area contributed by atoms with Crippen molar-refractivity contribution in [3.63, 3.8) is 0 Å². The fraction of sp³-hybridized carbons (Fsp3) is 0.217. The molecule has 47 heavy (non-hydrogen) atoms. The summed E-state index contributed by atoms with van der Waals surface area (Å²) < 4.78 is 0. The number of hydrogen-bond donors (Lipinski definition) is 0. The number of hydrogen-bond acceptors (Lipinski definition) is 1. The van der Waals surface area contributed by atoms with Crippen LogP contribution in [-0.4, -0.2) is 0 Å². The largest absolute Gasteiger partial charge is 0.310 e. The van der Waals surface area contributed by atoms with Gasteiger partial charge < -0.3 is 4.90 Å². The maximum absolute atomic E-state index is 2.46. The van der Waals surface area contributed by atoms with Crippen molar-refractivity contribution in [1.29, 1.82) is 0 Å². The van der Waals surface area contributed by atoms with Gasteiger partial charge in [-0.3, -0.25) is 0 Å². The van der Waals surface area contributed by atoms with Crippen molar-refractivity contribution in [2.75, 3.05) is 4.90 Å². The lowest BCUT2D eigenvalue weighted by Crippen LogP contribution is -2.17. The fourth-order valence-electron chi connectivity index (χ4n) is 8.21. The van der Waals surface area contributed by atoms with Crippen LogP contribution in [0.3, 0.4) is 0 Å².